The Morgan fingerprint density at radius 3 is 2.43 bits per heavy atom. The molecule has 30 heavy (non-hydrogen) atoms. The van der Waals surface area contributed by atoms with E-state index in [0.717, 1.165) is 22.2 Å². The number of hydrogen-bond donors (Lipinski definition) is 0. The Hall–Kier alpha value is -2.12. The van der Waals surface area contributed by atoms with Gasteiger partial charge in [-0.2, -0.15) is 0 Å². The molecule has 0 nitrogen and oxygen atoms in total. The van der Waals surface area contributed by atoms with Crippen molar-refractivity contribution in [2.45, 2.75) is 31.6 Å². The highest BCUT2D eigenvalue weighted by Gasteiger charge is 2.66. The van der Waals surface area contributed by atoms with Crippen molar-refractivity contribution < 1.29 is 0 Å². The fourth-order valence-electron chi connectivity index (χ4n) is 7.67. The zero-order valence-electron chi connectivity index (χ0n) is 17.2. The monoisotopic (exact) mass is 452 g/mol. The molecule has 0 aromatic heterocycles. The fourth-order valence-corrected chi connectivity index (χ4v) is 7.93. The predicted molar refractivity (Wildman–Crippen MR) is 127 cm³/mol. The molecule has 2 fully saturated rings. The van der Waals surface area contributed by atoms with Gasteiger partial charge in [-0.3, -0.25) is 0 Å². The lowest BCUT2D eigenvalue weighted by molar-refractivity contribution is 0.193. The third-order valence-electron chi connectivity index (χ3n) is 8.51. The Bertz CT molecular complexity index is 1220. The zero-order chi connectivity index (χ0) is 20.0. The normalized spacial score (nSPS) is 32.3. The molecule has 2 saturated carbocycles. The molecule has 0 aliphatic heterocycles. The second-order valence-corrected chi connectivity index (χ2v) is 10.9. The van der Waals surface area contributed by atoms with Crippen molar-refractivity contribution >= 4 is 15.9 Å². The molecule has 3 aromatic carbocycles. The van der Waals surface area contributed by atoms with Crippen LogP contribution in [0.15, 0.2) is 82.9 Å². The van der Waals surface area contributed by atoms with Gasteiger partial charge in [0.25, 0.3) is 0 Å². The summed E-state index contributed by atoms with van der Waals surface area (Å²) in [5, 5.41) is 0. The molecular weight excluding hydrogens is 428 g/mol. The van der Waals surface area contributed by atoms with Crippen LogP contribution in [0.2, 0.25) is 0 Å². The summed E-state index contributed by atoms with van der Waals surface area (Å²) in [6.07, 6.45) is 6.90. The standard InChI is InChI=1S/C29H25Br/c1-17-13-18-15-23-26(14-17)29(27(23)16-18)24-7-3-2-5-22(24)28-21(6-4-8-25(28)29)19-9-11-20(30)12-10-19/h2-12,14,17-18,23,27H,13,15-16H2,1H3. The molecule has 7 rings (SSSR count). The number of benzene rings is 3. The van der Waals surface area contributed by atoms with E-state index < -0.39 is 0 Å². The van der Waals surface area contributed by atoms with Gasteiger partial charge in [0.15, 0.2) is 0 Å². The van der Waals surface area contributed by atoms with Crippen molar-refractivity contribution in [2.75, 3.05) is 0 Å². The maximum atomic E-state index is 3.60. The Balaban J connectivity index is 1.54. The van der Waals surface area contributed by atoms with Crippen molar-refractivity contribution in [2.24, 2.45) is 23.7 Å². The van der Waals surface area contributed by atoms with Crippen molar-refractivity contribution in [3.05, 3.63) is 94.0 Å². The van der Waals surface area contributed by atoms with E-state index in [0.29, 0.717) is 5.92 Å². The number of allylic oxidation sites excluding steroid dienone is 2. The van der Waals surface area contributed by atoms with E-state index in [1.165, 1.54) is 41.5 Å². The first kappa shape index (κ1) is 17.5. The van der Waals surface area contributed by atoms with E-state index >= 15 is 0 Å². The third-order valence-corrected chi connectivity index (χ3v) is 9.03. The lowest BCUT2D eigenvalue weighted by atomic mass is 9.47. The van der Waals surface area contributed by atoms with Gasteiger partial charge in [-0.15, -0.1) is 0 Å². The van der Waals surface area contributed by atoms with Crippen LogP contribution in [0.5, 0.6) is 0 Å². The van der Waals surface area contributed by atoms with Crippen LogP contribution in [0.3, 0.4) is 0 Å². The van der Waals surface area contributed by atoms with E-state index in [2.05, 4.69) is 95.7 Å². The Morgan fingerprint density at radius 1 is 0.800 bits per heavy atom. The van der Waals surface area contributed by atoms with Crippen LogP contribution in [0.1, 0.15) is 37.3 Å². The van der Waals surface area contributed by atoms with Gasteiger partial charge in [0.2, 0.25) is 0 Å². The largest absolute Gasteiger partial charge is 0.0809 e. The Labute approximate surface area is 187 Å². The summed E-state index contributed by atoms with van der Waals surface area (Å²) in [6.45, 7) is 2.44. The van der Waals surface area contributed by atoms with Crippen LogP contribution in [0, 0.1) is 23.7 Å². The molecule has 3 aromatic rings. The van der Waals surface area contributed by atoms with Gasteiger partial charge in [0, 0.05) is 9.89 Å². The smallest absolute Gasteiger partial charge is 0.0460 e. The van der Waals surface area contributed by atoms with Crippen molar-refractivity contribution in [3.63, 3.8) is 0 Å². The second kappa shape index (κ2) is 5.98. The summed E-state index contributed by atoms with van der Waals surface area (Å²) in [5.74, 6) is 3.21. The average Bonchev–Trinajstić information content (AvgIpc) is 3.22. The summed E-state index contributed by atoms with van der Waals surface area (Å²) < 4.78 is 1.14. The highest BCUT2D eigenvalue weighted by atomic mass is 79.9. The molecule has 4 aliphatic rings. The summed E-state index contributed by atoms with van der Waals surface area (Å²) in [6, 6.07) is 25.2. The minimum absolute atomic E-state index is 0.130. The van der Waals surface area contributed by atoms with Crippen molar-refractivity contribution in [1.29, 1.82) is 0 Å². The molecule has 0 heterocycles. The molecule has 148 valence electrons. The first-order valence-electron chi connectivity index (χ1n) is 11.4. The van der Waals surface area contributed by atoms with E-state index in [4.69, 9.17) is 0 Å². The van der Waals surface area contributed by atoms with Gasteiger partial charge in [-0.25, -0.2) is 0 Å². The van der Waals surface area contributed by atoms with E-state index in [9.17, 15) is 0 Å². The van der Waals surface area contributed by atoms with Crippen LogP contribution < -0.4 is 0 Å². The molecule has 0 saturated heterocycles. The molecule has 4 aliphatic carbocycles. The molecule has 2 bridgehead atoms. The Kier molecular flexibility index (Phi) is 3.50. The highest BCUT2D eigenvalue weighted by Crippen LogP contribution is 2.73. The molecular formula is C29H25Br. The van der Waals surface area contributed by atoms with Crippen LogP contribution >= 0.6 is 15.9 Å². The van der Waals surface area contributed by atoms with Gasteiger partial charge in [-0.05, 0) is 88.4 Å². The lowest BCUT2D eigenvalue weighted by Gasteiger charge is -2.55. The minimum atomic E-state index is 0.130. The molecule has 0 radical (unpaired) electrons. The molecule has 0 N–H and O–H groups in total. The minimum Gasteiger partial charge on any atom is -0.0809 e. The Morgan fingerprint density at radius 2 is 1.57 bits per heavy atom. The zero-order valence-corrected chi connectivity index (χ0v) is 18.8. The molecule has 5 unspecified atom stereocenters. The van der Waals surface area contributed by atoms with E-state index in [-0.39, 0.29) is 5.41 Å². The maximum absolute atomic E-state index is 3.60. The molecule has 1 spiro atoms. The SMILES string of the molecule is CC1C=C2C3CC(C1)CC3C21c2ccccc2-c2c(-c3ccc(Br)cc3)cccc21. The summed E-state index contributed by atoms with van der Waals surface area (Å²) in [7, 11) is 0. The topological polar surface area (TPSA) is 0 Å². The summed E-state index contributed by atoms with van der Waals surface area (Å²) in [4.78, 5) is 0. The van der Waals surface area contributed by atoms with E-state index in [1.54, 1.807) is 16.7 Å². The van der Waals surface area contributed by atoms with Gasteiger partial charge in [-0.1, -0.05) is 89.1 Å². The van der Waals surface area contributed by atoms with Crippen LogP contribution in [0.25, 0.3) is 22.3 Å². The van der Waals surface area contributed by atoms with E-state index in [1.807, 2.05) is 0 Å². The van der Waals surface area contributed by atoms with Crippen LogP contribution in [-0.4, -0.2) is 0 Å². The van der Waals surface area contributed by atoms with Crippen molar-refractivity contribution in [1.82, 2.24) is 0 Å². The number of hydrogen-bond acceptors (Lipinski definition) is 0. The first-order valence-corrected chi connectivity index (χ1v) is 12.2. The summed E-state index contributed by atoms with van der Waals surface area (Å²) >= 11 is 3.60. The maximum Gasteiger partial charge on any atom is 0.0460 e. The number of halogens is 1. The first-order chi connectivity index (χ1) is 14.7. The van der Waals surface area contributed by atoms with Crippen molar-refractivity contribution in [3.8, 4) is 22.3 Å². The lowest BCUT2D eigenvalue weighted by Crippen LogP contribution is -2.51. The second-order valence-electron chi connectivity index (χ2n) is 9.97. The third kappa shape index (κ3) is 2.03. The van der Waals surface area contributed by atoms with Crippen LogP contribution in [-0.2, 0) is 5.41 Å². The molecule has 1 heteroatoms. The van der Waals surface area contributed by atoms with Gasteiger partial charge < -0.3 is 0 Å². The molecule has 0 amide bonds. The van der Waals surface area contributed by atoms with Gasteiger partial charge in [0.05, 0.1) is 0 Å². The number of rotatable bonds is 1. The highest BCUT2D eigenvalue weighted by molar-refractivity contribution is 9.10. The number of fused-ring (bicyclic) bond motifs is 8. The summed E-state index contributed by atoms with van der Waals surface area (Å²) in [5.41, 5.74) is 10.7. The van der Waals surface area contributed by atoms with Gasteiger partial charge >= 0.3 is 0 Å². The quantitative estimate of drug-likeness (QED) is 0.328. The van der Waals surface area contributed by atoms with Gasteiger partial charge in [0.1, 0.15) is 0 Å². The average molecular weight is 453 g/mol. The van der Waals surface area contributed by atoms with Crippen LogP contribution in [0.4, 0.5) is 0 Å². The molecule has 5 atom stereocenters. The predicted octanol–water partition coefficient (Wildman–Crippen LogP) is 8.00. The fraction of sp³-hybridized carbons (Fsp3) is 0.310.